The number of rotatable bonds is 4. The van der Waals surface area contributed by atoms with E-state index in [9.17, 15) is 0 Å². The van der Waals surface area contributed by atoms with E-state index < -0.39 is 0 Å². The first-order chi connectivity index (χ1) is 7.27. The van der Waals surface area contributed by atoms with E-state index in [4.69, 9.17) is 4.74 Å². The first-order valence-corrected chi connectivity index (χ1v) is 6.97. The van der Waals surface area contributed by atoms with Crippen molar-refractivity contribution in [3.05, 3.63) is 20.8 Å². The van der Waals surface area contributed by atoms with Crippen molar-refractivity contribution in [1.29, 1.82) is 0 Å². The minimum absolute atomic E-state index is 0.543. The Kier molecular flexibility index (Phi) is 4.20. The van der Waals surface area contributed by atoms with Gasteiger partial charge in [0.25, 0.3) is 0 Å². The molecule has 2 heterocycles. The summed E-state index contributed by atoms with van der Waals surface area (Å²) in [4.78, 5) is 1.38. The van der Waals surface area contributed by atoms with E-state index in [0.29, 0.717) is 12.0 Å². The molecule has 2 unspecified atom stereocenters. The van der Waals surface area contributed by atoms with Crippen LogP contribution in [0.3, 0.4) is 0 Å². The third kappa shape index (κ3) is 3.03. The highest BCUT2D eigenvalue weighted by Crippen LogP contribution is 2.23. The molecular formula is C11H16BrNOS. The topological polar surface area (TPSA) is 21.3 Å². The molecule has 1 N–H and O–H groups in total. The third-order valence-corrected chi connectivity index (χ3v) is 4.87. The number of hydrogen-bond acceptors (Lipinski definition) is 3. The Hall–Kier alpha value is 0.1000. The summed E-state index contributed by atoms with van der Waals surface area (Å²) >= 11 is 5.34. The first-order valence-electron chi connectivity index (χ1n) is 5.30. The van der Waals surface area contributed by atoms with Crippen LogP contribution in [-0.4, -0.2) is 19.3 Å². The molecule has 4 heteroatoms. The van der Waals surface area contributed by atoms with E-state index in [2.05, 4.69) is 39.6 Å². The molecule has 1 fully saturated rings. The van der Waals surface area contributed by atoms with Gasteiger partial charge in [0.05, 0.1) is 6.61 Å². The Bertz CT molecular complexity index is 309. The summed E-state index contributed by atoms with van der Waals surface area (Å²) in [6.45, 7) is 5.05. The Morgan fingerprint density at radius 1 is 1.73 bits per heavy atom. The van der Waals surface area contributed by atoms with Crippen molar-refractivity contribution in [3.63, 3.8) is 0 Å². The fourth-order valence-electron chi connectivity index (χ4n) is 1.82. The average molecular weight is 290 g/mol. The first kappa shape index (κ1) is 11.6. The van der Waals surface area contributed by atoms with Gasteiger partial charge in [0, 0.05) is 28.5 Å². The minimum atomic E-state index is 0.543. The van der Waals surface area contributed by atoms with Gasteiger partial charge in [-0.05, 0) is 46.6 Å². The van der Waals surface area contributed by atoms with Crippen LogP contribution in [0.4, 0.5) is 0 Å². The highest BCUT2D eigenvalue weighted by Gasteiger charge is 2.21. The van der Waals surface area contributed by atoms with E-state index in [1.807, 2.05) is 0 Å². The molecule has 0 radical (unpaired) electrons. The van der Waals surface area contributed by atoms with Crippen molar-refractivity contribution in [2.45, 2.75) is 25.9 Å². The molecule has 1 aromatic heterocycles. The maximum Gasteiger partial charge on any atom is 0.0509 e. The molecule has 0 aromatic carbocycles. The van der Waals surface area contributed by atoms with Gasteiger partial charge in [-0.2, -0.15) is 0 Å². The molecule has 15 heavy (non-hydrogen) atoms. The predicted octanol–water partition coefficient (Wildman–Crippen LogP) is 3.03. The van der Waals surface area contributed by atoms with Crippen LogP contribution in [0.25, 0.3) is 0 Å². The van der Waals surface area contributed by atoms with Gasteiger partial charge in [-0.3, -0.25) is 0 Å². The van der Waals surface area contributed by atoms with Gasteiger partial charge in [0.1, 0.15) is 0 Å². The van der Waals surface area contributed by atoms with Crippen LogP contribution in [0, 0.1) is 5.92 Å². The Morgan fingerprint density at radius 2 is 2.60 bits per heavy atom. The summed E-state index contributed by atoms with van der Waals surface area (Å²) in [5.41, 5.74) is 0. The highest BCUT2D eigenvalue weighted by atomic mass is 79.9. The molecular weight excluding hydrogens is 274 g/mol. The molecule has 0 amide bonds. The standard InChI is InChI=1S/C11H16BrNOS/c1-8(9-2-4-14-7-9)13-6-11-10(12)3-5-15-11/h3,5,8-9,13H,2,4,6-7H2,1H3. The van der Waals surface area contributed by atoms with Crippen LogP contribution in [0.1, 0.15) is 18.2 Å². The monoisotopic (exact) mass is 289 g/mol. The molecule has 0 aliphatic carbocycles. The Morgan fingerprint density at radius 3 is 3.20 bits per heavy atom. The van der Waals surface area contributed by atoms with Crippen LogP contribution in [0.5, 0.6) is 0 Å². The average Bonchev–Trinajstić information content (AvgIpc) is 2.85. The van der Waals surface area contributed by atoms with Crippen LogP contribution in [0.15, 0.2) is 15.9 Å². The van der Waals surface area contributed by atoms with Crippen molar-refractivity contribution in [2.24, 2.45) is 5.92 Å². The predicted molar refractivity (Wildman–Crippen MR) is 67.2 cm³/mol. The summed E-state index contributed by atoms with van der Waals surface area (Å²) in [7, 11) is 0. The normalized spacial score (nSPS) is 23.2. The summed E-state index contributed by atoms with van der Waals surface area (Å²) in [6.07, 6.45) is 1.19. The maximum absolute atomic E-state index is 5.39. The number of hydrogen-bond donors (Lipinski definition) is 1. The lowest BCUT2D eigenvalue weighted by atomic mass is 10.0. The number of nitrogens with one attached hydrogen (secondary N) is 1. The zero-order valence-corrected chi connectivity index (χ0v) is 11.2. The lowest BCUT2D eigenvalue weighted by molar-refractivity contribution is 0.178. The minimum Gasteiger partial charge on any atom is -0.381 e. The maximum atomic E-state index is 5.39. The van der Waals surface area contributed by atoms with Crippen LogP contribution >= 0.6 is 27.3 Å². The molecule has 2 atom stereocenters. The van der Waals surface area contributed by atoms with Crippen molar-refractivity contribution in [2.75, 3.05) is 13.2 Å². The molecule has 1 saturated heterocycles. The second-order valence-electron chi connectivity index (χ2n) is 3.98. The third-order valence-electron chi connectivity index (χ3n) is 2.95. The molecule has 0 spiro atoms. The van der Waals surface area contributed by atoms with Crippen molar-refractivity contribution in [3.8, 4) is 0 Å². The van der Waals surface area contributed by atoms with Crippen molar-refractivity contribution >= 4 is 27.3 Å². The van der Waals surface area contributed by atoms with E-state index in [-0.39, 0.29) is 0 Å². The van der Waals surface area contributed by atoms with Gasteiger partial charge in [-0.1, -0.05) is 0 Å². The highest BCUT2D eigenvalue weighted by molar-refractivity contribution is 9.10. The zero-order chi connectivity index (χ0) is 10.7. The Balaban J connectivity index is 1.80. The second-order valence-corrected chi connectivity index (χ2v) is 5.84. The second kappa shape index (κ2) is 5.43. The fourth-order valence-corrected chi connectivity index (χ4v) is 3.26. The van der Waals surface area contributed by atoms with E-state index in [0.717, 1.165) is 19.8 Å². The fraction of sp³-hybridized carbons (Fsp3) is 0.636. The van der Waals surface area contributed by atoms with Gasteiger partial charge in [0.15, 0.2) is 0 Å². The van der Waals surface area contributed by atoms with Gasteiger partial charge in [-0.15, -0.1) is 11.3 Å². The summed E-state index contributed by atoms with van der Waals surface area (Å²) in [5, 5.41) is 5.68. The van der Waals surface area contributed by atoms with Crippen LogP contribution in [-0.2, 0) is 11.3 Å². The molecule has 1 aliphatic heterocycles. The number of thiophene rings is 1. The van der Waals surface area contributed by atoms with E-state index >= 15 is 0 Å². The molecule has 1 aromatic rings. The number of ether oxygens (including phenoxy) is 1. The van der Waals surface area contributed by atoms with Crippen LogP contribution in [0.2, 0.25) is 0 Å². The van der Waals surface area contributed by atoms with Gasteiger partial charge >= 0.3 is 0 Å². The smallest absolute Gasteiger partial charge is 0.0509 e. The van der Waals surface area contributed by atoms with Crippen molar-refractivity contribution in [1.82, 2.24) is 5.32 Å². The largest absolute Gasteiger partial charge is 0.381 e. The van der Waals surface area contributed by atoms with Gasteiger partial charge in [0.2, 0.25) is 0 Å². The molecule has 0 saturated carbocycles. The zero-order valence-electron chi connectivity index (χ0n) is 8.83. The molecule has 2 nitrogen and oxygen atoms in total. The molecule has 1 aliphatic rings. The molecule has 2 rings (SSSR count). The van der Waals surface area contributed by atoms with Gasteiger partial charge < -0.3 is 10.1 Å². The molecule has 0 bridgehead atoms. The van der Waals surface area contributed by atoms with E-state index in [1.165, 1.54) is 15.8 Å². The summed E-state index contributed by atoms with van der Waals surface area (Å²) in [5.74, 6) is 0.684. The summed E-state index contributed by atoms with van der Waals surface area (Å²) < 4.78 is 6.61. The molecule has 84 valence electrons. The SMILES string of the molecule is CC(NCc1sccc1Br)C1CCOC1. The quantitative estimate of drug-likeness (QED) is 0.920. The summed E-state index contributed by atoms with van der Waals surface area (Å²) in [6, 6.07) is 2.65. The Labute approximate surface area is 103 Å². The van der Waals surface area contributed by atoms with Gasteiger partial charge in [-0.25, -0.2) is 0 Å². The van der Waals surface area contributed by atoms with Crippen molar-refractivity contribution < 1.29 is 4.74 Å². The van der Waals surface area contributed by atoms with Crippen LogP contribution < -0.4 is 5.32 Å². The van der Waals surface area contributed by atoms with E-state index in [1.54, 1.807) is 11.3 Å². The number of halogens is 1. The lowest BCUT2D eigenvalue weighted by Crippen LogP contribution is -2.33. The lowest BCUT2D eigenvalue weighted by Gasteiger charge is -2.18.